The van der Waals surface area contributed by atoms with Gasteiger partial charge < -0.3 is 4.90 Å². The second-order valence-corrected chi connectivity index (χ2v) is 4.89. The van der Waals surface area contributed by atoms with E-state index < -0.39 is 0 Å². The van der Waals surface area contributed by atoms with E-state index in [4.69, 9.17) is 0 Å². The van der Waals surface area contributed by atoms with Crippen LogP contribution in [0.4, 0.5) is 5.69 Å². The third-order valence-electron chi connectivity index (χ3n) is 3.43. The Balaban J connectivity index is 2.22. The number of nitrogens with zero attached hydrogens (tertiary/aromatic N) is 1. The Morgan fingerprint density at radius 1 is 1.40 bits per heavy atom. The molecule has 2 atom stereocenters. The molecule has 1 fully saturated rings. The highest BCUT2D eigenvalue weighted by atomic mass is 15.2. The first-order valence-electron chi connectivity index (χ1n) is 6.04. The molecular weight excluding hydrogens is 182 g/mol. The zero-order valence-corrected chi connectivity index (χ0v) is 10.0. The molecule has 0 amide bonds. The monoisotopic (exact) mass is 203 g/mol. The maximum Gasteiger partial charge on any atom is 0.0371 e. The van der Waals surface area contributed by atoms with Gasteiger partial charge in [-0.15, -0.1) is 0 Å². The van der Waals surface area contributed by atoms with E-state index in [-0.39, 0.29) is 0 Å². The molecule has 15 heavy (non-hydrogen) atoms. The van der Waals surface area contributed by atoms with Crippen molar-refractivity contribution in [3.05, 3.63) is 29.8 Å². The van der Waals surface area contributed by atoms with Gasteiger partial charge in [-0.3, -0.25) is 0 Å². The van der Waals surface area contributed by atoms with Gasteiger partial charge in [0.2, 0.25) is 0 Å². The average molecular weight is 203 g/mol. The molecule has 1 heterocycles. The summed E-state index contributed by atoms with van der Waals surface area (Å²) in [5.41, 5.74) is 2.77. The third kappa shape index (κ3) is 2.17. The molecule has 2 rings (SSSR count). The molecule has 1 aromatic rings. The van der Waals surface area contributed by atoms with Gasteiger partial charge in [0.15, 0.2) is 0 Å². The predicted octanol–water partition coefficient (Wildman–Crippen LogP) is 3.62. The van der Waals surface area contributed by atoms with Crippen LogP contribution in [0.25, 0.3) is 0 Å². The van der Waals surface area contributed by atoms with E-state index in [1.165, 1.54) is 30.6 Å². The van der Waals surface area contributed by atoms with Gasteiger partial charge in [-0.05, 0) is 43.4 Å². The van der Waals surface area contributed by atoms with Crippen molar-refractivity contribution in [3.63, 3.8) is 0 Å². The molecule has 1 heteroatoms. The summed E-state index contributed by atoms with van der Waals surface area (Å²) in [5.74, 6) is 0.843. The minimum atomic E-state index is 0.752. The largest absolute Gasteiger partial charge is 0.368 e. The van der Waals surface area contributed by atoms with Crippen LogP contribution in [0.15, 0.2) is 24.3 Å². The number of anilines is 1. The van der Waals surface area contributed by atoms with E-state index >= 15 is 0 Å². The van der Waals surface area contributed by atoms with E-state index in [0.29, 0.717) is 0 Å². The Hall–Kier alpha value is -0.980. The summed E-state index contributed by atoms with van der Waals surface area (Å²) in [6.45, 7) is 8.05. The first kappa shape index (κ1) is 10.5. The Morgan fingerprint density at radius 2 is 2.20 bits per heavy atom. The summed E-state index contributed by atoms with van der Waals surface area (Å²) in [4.78, 5) is 2.58. The number of benzene rings is 1. The van der Waals surface area contributed by atoms with Crippen LogP contribution < -0.4 is 4.90 Å². The Morgan fingerprint density at radius 3 is 2.87 bits per heavy atom. The van der Waals surface area contributed by atoms with Gasteiger partial charge in [-0.1, -0.05) is 26.0 Å². The second kappa shape index (κ2) is 4.26. The zero-order valence-electron chi connectivity index (χ0n) is 10.0. The van der Waals surface area contributed by atoms with E-state index in [0.717, 1.165) is 12.0 Å². The normalized spacial score (nSPS) is 25.9. The van der Waals surface area contributed by atoms with Gasteiger partial charge in [-0.2, -0.15) is 0 Å². The molecular formula is C14H21N. The first-order chi connectivity index (χ1) is 7.20. The number of hydrogen-bond donors (Lipinski definition) is 0. The van der Waals surface area contributed by atoms with Gasteiger partial charge in [0.1, 0.15) is 0 Å². The fourth-order valence-electron chi connectivity index (χ4n) is 2.66. The van der Waals surface area contributed by atoms with E-state index in [1.807, 2.05) is 0 Å². The lowest BCUT2D eigenvalue weighted by Gasteiger charge is -2.26. The Bertz CT molecular complexity index is 332. The SMILES string of the molecule is CCC1CC(C)CN1c1cccc(C)c1. The van der Waals surface area contributed by atoms with E-state index in [2.05, 4.69) is 49.9 Å². The summed E-state index contributed by atoms with van der Waals surface area (Å²) in [5, 5.41) is 0. The minimum Gasteiger partial charge on any atom is -0.368 e. The highest BCUT2D eigenvalue weighted by molar-refractivity contribution is 5.50. The molecule has 1 saturated heterocycles. The summed E-state index contributed by atoms with van der Waals surface area (Å²) in [6.07, 6.45) is 2.61. The summed E-state index contributed by atoms with van der Waals surface area (Å²) in [6, 6.07) is 9.64. The van der Waals surface area contributed by atoms with Crippen LogP contribution in [0.2, 0.25) is 0 Å². The molecule has 1 aliphatic heterocycles. The van der Waals surface area contributed by atoms with Crippen molar-refractivity contribution in [2.24, 2.45) is 5.92 Å². The van der Waals surface area contributed by atoms with Crippen LogP contribution in [0.3, 0.4) is 0 Å². The lowest BCUT2D eigenvalue weighted by molar-refractivity contribution is 0.588. The number of hydrogen-bond acceptors (Lipinski definition) is 1. The molecule has 0 saturated carbocycles. The van der Waals surface area contributed by atoms with Crippen LogP contribution >= 0.6 is 0 Å². The molecule has 1 aromatic carbocycles. The number of rotatable bonds is 2. The Labute approximate surface area is 93.1 Å². The maximum absolute atomic E-state index is 2.58. The maximum atomic E-state index is 2.58. The standard InChI is InChI=1S/C14H21N/c1-4-13-9-12(3)10-15(13)14-7-5-6-11(2)8-14/h5-8,12-13H,4,9-10H2,1-3H3. The molecule has 82 valence electrons. The smallest absolute Gasteiger partial charge is 0.0371 e. The highest BCUT2D eigenvalue weighted by Gasteiger charge is 2.28. The molecule has 1 nitrogen and oxygen atoms in total. The van der Waals surface area contributed by atoms with Crippen LogP contribution in [-0.2, 0) is 0 Å². The average Bonchev–Trinajstić information content (AvgIpc) is 2.59. The quantitative estimate of drug-likeness (QED) is 0.709. The minimum absolute atomic E-state index is 0.752. The van der Waals surface area contributed by atoms with Gasteiger partial charge >= 0.3 is 0 Å². The van der Waals surface area contributed by atoms with Gasteiger partial charge in [0.05, 0.1) is 0 Å². The molecule has 0 bridgehead atoms. The van der Waals surface area contributed by atoms with Crippen molar-refractivity contribution < 1.29 is 0 Å². The highest BCUT2D eigenvalue weighted by Crippen LogP contribution is 2.30. The van der Waals surface area contributed by atoms with Gasteiger partial charge in [-0.25, -0.2) is 0 Å². The van der Waals surface area contributed by atoms with Gasteiger partial charge in [0, 0.05) is 18.3 Å². The summed E-state index contributed by atoms with van der Waals surface area (Å²) in [7, 11) is 0. The van der Waals surface area contributed by atoms with Crippen molar-refractivity contribution in [2.45, 2.75) is 39.7 Å². The van der Waals surface area contributed by atoms with Crippen LogP contribution in [0, 0.1) is 12.8 Å². The van der Waals surface area contributed by atoms with Crippen LogP contribution in [-0.4, -0.2) is 12.6 Å². The Kier molecular flexibility index (Phi) is 2.99. The second-order valence-electron chi connectivity index (χ2n) is 4.89. The fourth-order valence-corrected chi connectivity index (χ4v) is 2.66. The topological polar surface area (TPSA) is 3.24 Å². The van der Waals surface area contributed by atoms with E-state index in [1.54, 1.807) is 0 Å². The molecule has 2 unspecified atom stereocenters. The van der Waals surface area contributed by atoms with Crippen molar-refractivity contribution in [1.29, 1.82) is 0 Å². The van der Waals surface area contributed by atoms with Crippen molar-refractivity contribution in [3.8, 4) is 0 Å². The first-order valence-corrected chi connectivity index (χ1v) is 6.04. The predicted molar refractivity (Wildman–Crippen MR) is 66.4 cm³/mol. The third-order valence-corrected chi connectivity index (χ3v) is 3.43. The van der Waals surface area contributed by atoms with Crippen LogP contribution in [0.1, 0.15) is 32.3 Å². The van der Waals surface area contributed by atoms with Crippen molar-refractivity contribution >= 4 is 5.69 Å². The summed E-state index contributed by atoms with van der Waals surface area (Å²) >= 11 is 0. The summed E-state index contributed by atoms with van der Waals surface area (Å²) < 4.78 is 0. The number of aryl methyl sites for hydroxylation is 1. The fraction of sp³-hybridized carbons (Fsp3) is 0.571. The van der Waals surface area contributed by atoms with Crippen molar-refractivity contribution in [2.75, 3.05) is 11.4 Å². The molecule has 1 aliphatic rings. The lowest BCUT2D eigenvalue weighted by Crippen LogP contribution is -2.28. The molecule has 0 spiro atoms. The van der Waals surface area contributed by atoms with Crippen molar-refractivity contribution in [1.82, 2.24) is 0 Å². The molecule has 0 aromatic heterocycles. The van der Waals surface area contributed by atoms with Crippen LogP contribution in [0.5, 0.6) is 0 Å². The van der Waals surface area contributed by atoms with E-state index in [9.17, 15) is 0 Å². The lowest BCUT2D eigenvalue weighted by atomic mass is 10.1. The molecule has 0 N–H and O–H groups in total. The molecule has 0 radical (unpaired) electrons. The van der Waals surface area contributed by atoms with Gasteiger partial charge in [0.25, 0.3) is 0 Å². The molecule has 0 aliphatic carbocycles. The zero-order chi connectivity index (χ0) is 10.8.